The molecule has 0 spiro atoms. The van der Waals surface area contributed by atoms with Crippen molar-refractivity contribution in [2.75, 3.05) is 50.6 Å². The van der Waals surface area contributed by atoms with Gasteiger partial charge in [0, 0.05) is 50.0 Å². The number of nitrogens with one attached hydrogen (secondary N) is 1. The van der Waals surface area contributed by atoms with E-state index in [-0.39, 0.29) is 11.8 Å². The second kappa shape index (κ2) is 9.32. The van der Waals surface area contributed by atoms with Gasteiger partial charge in [-0.25, -0.2) is 0 Å². The van der Waals surface area contributed by atoms with Crippen molar-refractivity contribution < 1.29 is 19.1 Å². The van der Waals surface area contributed by atoms with Crippen molar-refractivity contribution >= 4 is 23.2 Å². The fraction of sp³-hybridized carbons (Fsp3) is 0.364. The smallest absolute Gasteiger partial charge is 0.259 e. The van der Waals surface area contributed by atoms with Crippen LogP contribution in [0, 0.1) is 0 Å². The highest BCUT2D eigenvalue weighted by Gasteiger charge is 2.20. The van der Waals surface area contributed by atoms with Crippen LogP contribution in [0.5, 0.6) is 11.5 Å². The second-order valence-corrected chi connectivity index (χ2v) is 6.79. The number of rotatable bonds is 6. The van der Waals surface area contributed by atoms with E-state index in [2.05, 4.69) is 10.2 Å². The largest absolute Gasteiger partial charge is 0.497 e. The summed E-state index contributed by atoms with van der Waals surface area (Å²) in [5.74, 6) is 1.04. The van der Waals surface area contributed by atoms with E-state index >= 15 is 0 Å². The van der Waals surface area contributed by atoms with E-state index in [0.717, 1.165) is 31.9 Å². The van der Waals surface area contributed by atoms with Crippen molar-refractivity contribution in [1.82, 2.24) is 4.90 Å². The number of hydrogen-bond acceptors (Lipinski definition) is 5. The van der Waals surface area contributed by atoms with E-state index in [1.807, 2.05) is 36.1 Å². The average molecular weight is 397 g/mol. The zero-order valence-corrected chi connectivity index (χ0v) is 17.1. The average Bonchev–Trinajstić information content (AvgIpc) is 2.78. The minimum Gasteiger partial charge on any atom is -0.497 e. The van der Waals surface area contributed by atoms with Gasteiger partial charge in [-0.05, 0) is 36.4 Å². The van der Waals surface area contributed by atoms with Gasteiger partial charge in [-0.2, -0.15) is 0 Å². The number of carbonyl (C=O) groups excluding carboxylic acids is 2. The van der Waals surface area contributed by atoms with Crippen LogP contribution in [0.1, 0.15) is 23.7 Å². The number of hydrogen-bond donors (Lipinski definition) is 1. The van der Waals surface area contributed by atoms with E-state index < -0.39 is 0 Å². The first kappa shape index (κ1) is 20.5. The normalized spacial score (nSPS) is 13.8. The van der Waals surface area contributed by atoms with Gasteiger partial charge < -0.3 is 24.6 Å². The first-order valence-electron chi connectivity index (χ1n) is 9.72. The summed E-state index contributed by atoms with van der Waals surface area (Å²) in [5.41, 5.74) is 2.22. The molecule has 1 fully saturated rings. The summed E-state index contributed by atoms with van der Waals surface area (Å²) in [6.07, 6.45) is 0.549. The first-order chi connectivity index (χ1) is 14.0. The lowest BCUT2D eigenvalue weighted by Crippen LogP contribution is -2.48. The Bertz CT molecular complexity index is 859. The van der Waals surface area contributed by atoms with Gasteiger partial charge in [0.25, 0.3) is 5.91 Å². The summed E-state index contributed by atoms with van der Waals surface area (Å²) < 4.78 is 10.5. The molecule has 29 heavy (non-hydrogen) atoms. The highest BCUT2D eigenvalue weighted by molar-refractivity contribution is 6.06. The molecule has 1 heterocycles. The molecule has 2 aromatic carbocycles. The maximum absolute atomic E-state index is 12.6. The van der Waals surface area contributed by atoms with Crippen LogP contribution in [-0.4, -0.2) is 57.1 Å². The highest BCUT2D eigenvalue weighted by Crippen LogP contribution is 2.26. The first-order valence-corrected chi connectivity index (χ1v) is 9.72. The van der Waals surface area contributed by atoms with Crippen LogP contribution in [0.2, 0.25) is 0 Å². The number of piperazine rings is 1. The summed E-state index contributed by atoms with van der Waals surface area (Å²) >= 11 is 0. The van der Waals surface area contributed by atoms with Crippen molar-refractivity contribution in [3.05, 3.63) is 48.0 Å². The van der Waals surface area contributed by atoms with Crippen LogP contribution >= 0.6 is 0 Å². The molecule has 0 bridgehead atoms. The summed E-state index contributed by atoms with van der Waals surface area (Å²) in [4.78, 5) is 28.6. The quantitative estimate of drug-likeness (QED) is 0.811. The molecule has 1 aliphatic rings. The molecule has 0 unspecified atom stereocenters. The number of methoxy groups -OCH3 is 2. The molecule has 154 valence electrons. The Kier molecular flexibility index (Phi) is 6.59. The van der Waals surface area contributed by atoms with Crippen LogP contribution in [0.4, 0.5) is 11.4 Å². The monoisotopic (exact) mass is 397 g/mol. The van der Waals surface area contributed by atoms with Crippen LogP contribution in [-0.2, 0) is 4.79 Å². The zero-order valence-electron chi connectivity index (χ0n) is 17.1. The van der Waals surface area contributed by atoms with Crippen molar-refractivity contribution in [1.29, 1.82) is 0 Å². The topological polar surface area (TPSA) is 71.1 Å². The standard InChI is InChI=1S/C22H27N3O4/c1-4-21(26)25-13-11-24(12-14-25)17-7-5-16(6-8-17)23-22(27)19-10-9-18(28-2)15-20(19)29-3/h5-10,15H,4,11-14H2,1-3H3,(H,23,27). The van der Waals surface area contributed by atoms with Crippen molar-refractivity contribution in [3.63, 3.8) is 0 Å². The molecule has 3 rings (SSSR count). The summed E-state index contributed by atoms with van der Waals surface area (Å²) in [7, 11) is 3.09. The van der Waals surface area contributed by atoms with Gasteiger partial charge in [-0.1, -0.05) is 6.92 Å². The van der Waals surface area contributed by atoms with E-state index in [9.17, 15) is 9.59 Å². The molecule has 0 saturated carbocycles. The Balaban J connectivity index is 1.62. The lowest BCUT2D eigenvalue weighted by Gasteiger charge is -2.36. The Morgan fingerprint density at radius 3 is 2.24 bits per heavy atom. The molecule has 7 nitrogen and oxygen atoms in total. The second-order valence-electron chi connectivity index (χ2n) is 6.79. The molecule has 1 N–H and O–H groups in total. The number of carbonyl (C=O) groups is 2. The van der Waals surface area contributed by atoms with Crippen molar-refractivity contribution in [2.24, 2.45) is 0 Å². The Morgan fingerprint density at radius 2 is 1.66 bits per heavy atom. The van der Waals surface area contributed by atoms with Gasteiger partial charge in [0.2, 0.25) is 5.91 Å². The number of ether oxygens (including phenoxy) is 2. The van der Waals surface area contributed by atoms with Crippen LogP contribution < -0.4 is 19.7 Å². The third-order valence-electron chi connectivity index (χ3n) is 5.08. The van der Waals surface area contributed by atoms with Crippen molar-refractivity contribution in [2.45, 2.75) is 13.3 Å². The predicted molar refractivity (Wildman–Crippen MR) is 113 cm³/mol. The molecule has 0 aromatic heterocycles. The molecule has 2 amide bonds. The van der Waals surface area contributed by atoms with Gasteiger partial charge in [0.05, 0.1) is 19.8 Å². The van der Waals surface area contributed by atoms with Gasteiger partial charge in [0.15, 0.2) is 0 Å². The maximum Gasteiger partial charge on any atom is 0.259 e. The minimum atomic E-state index is -0.246. The molecule has 0 radical (unpaired) electrons. The number of nitrogens with zero attached hydrogens (tertiary/aromatic N) is 2. The Morgan fingerprint density at radius 1 is 0.966 bits per heavy atom. The van der Waals surface area contributed by atoms with E-state index in [1.165, 1.54) is 7.11 Å². The van der Waals surface area contributed by atoms with Gasteiger partial charge >= 0.3 is 0 Å². The molecular formula is C22H27N3O4. The lowest BCUT2D eigenvalue weighted by atomic mass is 10.1. The molecule has 1 aliphatic heterocycles. The van der Waals surface area contributed by atoms with E-state index in [0.29, 0.717) is 29.2 Å². The van der Waals surface area contributed by atoms with E-state index in [1.54, 1.807) is 25.3 Å². The molecule has 0 aliphatic carbocycles. The van der Waals surface area contributed by atoms with Crippen molar-refractivity contribution in [3.8, 4) is 11.5 Å². The fourth-order valence-electron chi connectivity index (χ4n) is 3.38. The fourth-order valence-corrected chi connectivity index (χ4v) is 3.38. The Labute approximate surface area is 171 Å². The van der Waals surface area contributed by atoms with Gasteiger partial charge in [0.1, 0.15) is 11.5 Å². The number of benzene rings is 2. The minimum absolute atomic E-state index is 0.205. The highest BCUT2D eigenvalue weighted by atomic mass is 16.5. The maximum atomic E-state index is 12.6. The van der Waals surface area contributed by atoms with E-state index in [4.69, 9.17) is 9.47 Å². The van der Waals surface area contributed by atoms with Crippen LogP contribution in [0.25, 0.3) is 0 Å². The third-order valence-corrected chi connectivity index (χ3v) is 5.08. The molecule has 0 atom stereocenters. The molecular weight excluding hydrogens is 370 g/mol. The lowest BCUT2D eigenvalue weighted by molar-refractivity contribution is -0.131. The Hall–Kier alpha value is -3.22. The number of anilines is 2. The third kappa shape index (κ3) is 4.80. The van der Waals surface area contributed by atoms with Gasteiger partial charge in [-0.3, -0.25) is 9.59 Å². The molecule has 1 saturated heterocycles. The van der Waals surface area contributed by atoms with Crippen LogP contribution in [0.15, 0.2) is 42.5 Å². The van der Waals surface area contributed by atoms with Gasteiger partial charge in [-0.15, -0.1) is 0 Å². The predicted octanol–water partition coefficient (Wildman–Crippen LogP) is 3.01. The summed E-state index contributed by atoms with van der Waals surface area (Å²) in [5, 5.41) is 2.90. The molecule has 2 aromatic rings. The molecule has 7 heteroatoms. The summed E-state index contributed by atoms with van der Waals surface area (Å²) in [6.45, 7) is 4.98. The summed E-state index contributed by atoms with van der Waals surface area (Å²) in [6, 6.07) is 12.8. The zero-order chi connectivity index (χ0) is 20.8. The SMILES string of the molecule is CCC(=O)N1CCN(c2ccc(NC(=O)c3ccc(OC)cc3OC)cc2)CC1. The number of amides is 2. The van der Waals surface area contributed by atoms with Crippen LogP contribution in [0.3, 0.4) is 0 Å².